The van der Waals surface area contributed by atoms with Crippen LogP contribution in [-0.2, 0) is 32.0 Å². The smallest absolute Gasteiger partial charge is 0.252 e. The Kier molecular flexibility index (Phi) is 5.87. The summed E-state index contributed by atoms with van der Waals surface area (Å²) >= 11 is 0. The van der Waals surface area contributed by atoms with E-state index in [1.165, 1.54) is 12.1 Å². The van der Waals surface area contributed by atoms with Crippen molar-refractivity contribution in [3.63, 3.8) is 0 Å². The number of carbonyl (C=O) groups excluding carboxylic acids is 4. The Hall–Kier alpha value is -4.04. The van der Waals surface area contributed by atoms with Crippen LogP contribution in [0, 0.1) is 11.8 Å². The van der Waals surface area contributed by atoms with Gasteiger partial charge in [0.15, 0.2) is 5.60 Å². The third-order valence-electron chi connectivity index (χ3n) is 7.89. The summed E-state index contributed by atoms with van der Waals surface area (Å²) in [6, 6.07) is 10.9. The molecule has 2 aromatic rings. The van der Waals surface area contributed by atoms with Crippen molar-refractivity contribution >= 4 is 29.0 Å². The second-order valence-corrected chi connectivity index (χ2v) is 10.1. The van der Waals surface area contributed by atoms with Crippen molar-refractivity contribution in [3.05, 3.63) is 70.3 Å². The summed E-state index contributed by atoms with van der Waals surface area (Å²) in [6.45, 7) is 1.55. The SMILES string of the molecule is CC(=O)CCc1ccc(-c2ccc(O)c3c2C[C@H]2C[C@H]4CC=C(C(N)=O)C(=O)[C@@]4(O)C(=O)C2=C3O)cc1. The molecule has 3 aliphatic rings. The fourth-order valence-corrected chi connectivity index (χ4v) is 5.95. The molecule has 0 radical (unpaired) electrons. The first-order valence-corrected chi connectivity index (χ1v) is 12.2. The number of Topliss-reactive ketones (excluding diaryl/α,β-unsaturated/α-hetero) is 3. The van der Waals surface area contributed by atoms with E-state index in [1.807, 2.05) is 24.3 Å². The molecule has 0 aromatic heterocycles. The topological polar surface area (TPSA) is 155 Å². The van der Waals surface area contributed by atoms with Gasteiger partial charge in [0.1, 0.15) is 17.3 Å². The first-order chi connectivity index (χ1) is 17.5. The monoisotopic (exact) mass is 501 g/mol. The Bertz CT molecular complexity index is 1430. The Morgan fingerprint density at radius 2 is 1.76 bits per heavy atom. The van der Waals surface area contributed by atoms with Crippen LogP contribution in [0.25, 0.3) is 16.9 Å². The van der Waals surface area contributed by atoms with E-state index in [9.17, 15) is 34.5 Å². The van der Waals surface area contributed by atoms with Crippen molar-refractivity contribution in [3.8, 4) is 16.9 Å². The lowest BCUT2D eigenvalue weighted by Crippen LogP contribution is -2.60. The van der Waals surface area contributed by atoms with Gasteiger partial charge in [0.25, 0.3) is 5.91 Å². The largest absolute Gasteiger partial charge is 0.507 e. The number of hydrogen-bond acceptors (Lipinski definition) is 7. The summed E-state index contributed by atoms with van der Waals surface area (Å²) in [4.78, 5) is 49.5. The van der Waals surface area contributed by atoms with E-state index >= 15 is 0 Å². The third kappa shape index (κ3) is 3.79. The second kappa shape index (κ2) is 8.81. The predicted molar refractivity (Wildman–Crippen MR) is 134 cm³/mol. The number of primary amides is 1. The number of rotatable bonds is 5. The fourth-order valence-electron chi connectivity index (χ4n) is 5.95. The molecule has 3 aliphatic carbocycles. The van der Waals surface area contributed by atoms with Crippen LogP contribution in [0.2, 0.25) is 0 Å². The first-order valence-electron chi connectivity index (χ1n) is 12.2. The fraction of sp³-hybridized carbons (Fsp3) is 0.310. The van der Waals surface area contributed by atoms with Gasteiger partial charge < -0.3 is 25.8 Å². The van der Waals surface area contributed by atoms with Crippen molar-refractivity contribution in [1.82, 2.24) is 0 Å². The summed E-state index contributed by atoms with van der Waals surface area (Å²) in [7, 11) is 0. The third-order valence-corrected chi connectivity index (χ3v) is 7.89. The van der Waals surface area contributed by atoms with Crippen LogP contribution < -0.4 is 5.73 Å². The van der Waals surface area contributed by atoms with Crippen molar-refractivity contribution in [2.24, 2.45) is 17.6 Å². The Morgan fingerprint density at radius 1 is 1.05 bits per heavy atom. The average Bonchev–Trinajstić information content (AvgIpc) is 2.85. The highest BCUT2D eigenvalue weighted by atomic mass is 16.3. The van der Waals surface area contributed by atoms with Crippen LogP contribution in [0.1, 0.15) is 42.9 Å². The average molecular weight is 502 g/mol. The summed E-state index contributed by atoms with van der Waals surface area (Å²) in [5, 5.41) is 33.2. The highest BCUT2D eigenvalue weighted by molar-refractivity contribution is 6.32. The molecular weight excluding hydrogens is 474 g/mol. The highest BCUT2D eigenvalue weighted by Gasteiger charge is 2.60. The number of aromatic hydroxyl groups is 1. The molecule has 1 fully saturated rings. The number of phenolic OH excluding ortho intramolecular Hbond substituents is 1. The van der Waals surface area contributed by atoms with Crippen LogP contribution >= 0.6 is 0 Å². The Labute approximate surface area is 213 Å². The molecule has 190 valence electrons. The normalized spacial score (nSPS) is 24.6. The highest BCUT2D eigenvalue weighted by Crippen LogP contribution is 2.51. The molecule has 0 heterocycles. The molecule has 5 N–H and O–H groups in total. The van der Waals surface area contributed by atoms with Gasteiger partial charge in [-0.2, -0.15) is 0 Å². The molecule has 8 nitrogen and oxygen atoms in total. The summed E-state index contributed by atoms with van der Waals surface area (Å²) < 4.78 is 0. The number of aliphatic hydroxyl groups excluding tert-OH is 1. The molecule has 0 unspecified atom stereocenters. The predicted octanol–water partition coefficient (Wildman–Crippen LogP) is 2.73. The van der Waals surface area contributed by atoms with E-state index in [0.29, 0.717) is 24.8 Å². The number of phenols is 1. The maximum absolute atomic E-state index is 13.6. The number of carbonyl (C=O) groups is 4. The number of amides is 1. The molecule has 8 heteroatoms. The second-order valence-electron chi connectivity index (χ2n) is 10.1. The van der Waals surface area contributed by atoms with E-state index in [0.717, 1.165) is 16.7 Å². The number of benzene rings is 2. The maximum atomic E-state index is 13.6. The minimum atomic E-state index is -2.49. The zero-order valence-electron chi connectivity index (χ0n) is 20.3. The molecular formula is C29H27NO7. The van der Waals surface area contributed by atoms with Gasteiger partial charge in [-0.25, -0.2) is 0 Å². The molecule has 3 atom stereocenters. The van der Waals surface area contributed by atoms with Gasteiger partial charge in [0.2, 0.25) is 11.6 Å². The summed E-state index contributed by atoms with van der Waals surface area (Å²) in [5.74, 6) is -4.85. The lowest BCUT2D eigenvalue weighted by molar-refractivity contribution is -0.157. The Morgan fingerprint density at radius 3 is 2.41 bits per heavy atom. The van der Waals surface area contributed by atoms with E-state index in [4.69, 9.17) is 5.73 Å². The first kappa shape index (κ1) is 24.6. The van der Waals surface area contributed by atoms with Gasteiger partial charge >= 0.3 is 0 Å². The number of allylic oxidation sites excluding steroid dienone is 1. The number of aliphatic hydroxyl groups is 2. The quantitative estimate of drug-likeness (QED) is 0.363. The van der Waals surface area contributed by atoms with E-state index in [-0.39, 0.29) is 35.5 Å². The minimum Gasteiger partial charge on any atom is -0.507 e. The molecule has 0 aliphatic heterocycles. The van der Waals surface area contributed by atoms with Gasteiger partial charge in [0, 0.05) is 17.9 Å². The van der Waals surface area contributed by atoms with E-state index in [2.05, 4.69) is 0 Å². The number of nitrogens with two attached hydrogens (primary N) is 1. The van der Waals surface area contributed by atoms with Crippen LogP contribution in [-0.4, -0.2) is 44.2 Å². The molecule has 2 aromatic carbocycles. The minimum absolute atomic E-state index is 0.0914. The molecule has 0 saturated heterocycles. The van der Waals surface area contributed by atoms with E-state index < -0.39 is 46.2 Å². The number of fused-ring (bicyclic) bond motifs is 3. The van der Waals surface area contributed by atoms with Gasteiger partial charge in [-0.05, 0) is 66.8 Å². The van der Waals surface area contributed by atoms with Crippen molar-refractivity contribution in [1.29, 1.82) is 0 Å². The van der Waals surface area contributed by atoms with Gasteiger partial charge in [-0.1, -0.05) is 36.4 Å². The maximum Gasteiger partial charge on any atom is 0.252 e. The molecule has 0 bridgehead atoms. The van der Waals surface area contributed by atoms with Crippen LogP contribution in [0.15, 0.2) is 53.6 Å². The van der Waals surface area contributed by atoms with E-state index in [1.54, 1.807) is 13.0 Å². The molecule has 1 amide bonds. The lowest BCUT2D eigenvalue weighted by Gasteiger charge is -2.45. The Balaban J connectivity index is 1.57. The van der Waals surface area contributed by atoms with Gasteiger partial charge in [-0.3, -0.25) is 14.4 Å². The van der Waals surface area contributed by atoms with Crippen molar-refractivity contribution in [2.45, 2.75) is 44.6 Å². The summed E-state index contributed by atoms with van der Waals surface area (Å²) in [5.41, 5.74) is 5.65. The zero-order chi connectivity index (χ0) is 26.6. The number of aryl methyl sites for hydroxylation is 1. The van der Waals surface area contributed by atoms with Crippen LogP contribution in [0.4, 0.5) is 0 Å². The van der Waals surface area contributed by atoms with Crippen molar-refractivity contribution < 1.29 is 34.5 Å². The molecule has 0 spiro atoms. The molecule has 37 heavy (non-hydrogen) atoms. The summed E-state index contributed by atoms with van der Waals surface area (Å²) in [6.07, 6.45) is 3.12. The number of ketones is 3. The molecule has 1 saturated carbocycles. The van der Waals surface area contributed by atoms with Crippen molar-refractivity contribution in [2.75, 3.05) is 0 Å². The number of hydrogen-bond donors (Lipinski definition) is 4. The lowest BCUT2D eigenvalue weighted by atomic mass is 9.59. The van der Waals surface area contributed by atoms with Crippen LogP contribution in [0.5, 0.6) is 5.75 Å². The van der Waals surface area contributed by atoms with Gasteiger partial charge in [0.05, 0.1) is 11.1 Å². The molecule has 5 rings (SSSR count). The van der Waals surface area contributed by atoms with Gasteiger partial charge in [-0.15, -0.1) is 0 Å². The van der Waals surface area contributed by atoms with Crippen LogP contribution in [0.3, 0.4) is 0 Å². The zero-order valence-corrected chi connectivity index (χ0v) is 20.3. The standard InChI is InChI=1S/C29H27NO7/c1-14(31)2-3-15-4-6-16(7-5-15)19-10-11-22(32)24-21(19)13-17-12-18-8-9-20(28(30)36)26(34)29(18,37)27(35)23(17)25(24)33/h4-7,9-11,17-18,32-33,37H,2-3,8,12-13H2,1H3,(H2,30,36)/t17-,18-,29-/m1/s1.